The summed E-state index contributed by atoms with van der Waals surface area (Å²) in [5.41, 5.74) is 5.69. The van der Waals surface area contributed by atoms with E-state index < -0.39 is 11.2 Å². The van der Waals surface area contributed by atoms with E-state index in [0.29, 0.717) is 6.54 Å². The van der Waals surface area contributed by atoms with Gasteiger partial charge in [0.1, 0.15) is 0 Å². The molecule has 1 aromatic heterocycles. The highest BCUT2D eigenvalue weighted by Gasteiger charge is 2.07. The number of nitrogens with zero attached hydrogens (tertiary/aromatic N) is 1. The predicted octanol–water partition coefficient (Wildman–Crippen LogP) is -0.430. The Morgan fingerprint density at radius 1 is 1.28 bits per heavy atom. The van der Waals surface area contributed by atoms with Crippen LogP contribution in [0.3, 0.4) is 0 Å². The number of aromatic nitrogens is 3. The molecule has 0 aliphatic carbocycles. The maximum atomic E-state index is 11.3. The summed E-state index contributed by atoms with van der Waals surface area (Å²) in [4.78, 5) is 24.2. The first-order valence-electron chi connectivity index (χ1n) is 5.40. The molecule has 1 aromatic carbocycles. The lowest BCUT2D eigenvalue weighted by Crippen LogP contribution is -2.29. The number of nitrogens with one attached hydrogen (secondary N) is 3. The van der Waals surface area contributed by atoms with Gasteiger partial charge in [0.15, 0.2) is 0 Å². The van der Waals surface area contributed by atoms with Crippen LogP contribution in [-0.2, 0) is 0 Å². The molecule has 1 atom stereocenters. The highest BCUT2D eigenvalue weighted by molar-refractivity contribution is 5.30. The average molecular weight is 247 g/mol. The fourth-order valence-electron chi connectivity index (χ4n) is 1.49. The molecular weight excluding hydrogens is 234 g/mol. The van der Waals surface area contributed by atoms with E-state index in [4.69, 9.17) is 5.73 Å². The Morgan fingerprint density at radius 2 is 2.00 bits per heavy atom. The fourth-order valence-corrected chi connectivity index (χ4v) is 1.49. The molecule has 0 amide bonds. The second kappa shape index (κ2) is 5.28. The maximum Gasteiger partial charge on any atom is 0.342 e. The molecule has 0 fully saturated rings. The molecule has 0 radical (unpaired) electrons. The van der Waals surface area contributed by atoms with Crippen molar-refractivity contribution >= 4 is 5.82 Å². The molecule has 2 aromatic rings. The fraction of sp³-hybridized carbons (Fsp3) is 0.182. The molecule has 0 aliphatic rings. The number of nitrogens with two attached hydrogens (primary N) is 1. The van der Waals surface area contributed by atoms with Crippen LogP contribution in [0.2, 0.25) is 0 Å². The Bertz CT molecular complexity index is 619. The molecule has 0 spiro atoms. The van der Waals surface area contributed by atoms with E-state index in [0.717, 1.165) is 5.56 Å². The van der Waals surface area contributed by atoms with Crippen molar-refractivity contribution < 1.29 is 0 Å². The number of benzene rings is 1. The van der Waals surface area contributed by atoms with Crippen LogP contribution < -0.4 is 22.3 Å². The lowest BCUT2D eigenvalue weighted by Gasteiger charge is -2.12. The van der Waals surface area contributed by atoms with Crippen LogP contribution in [0.5, 0.6) is 0 Å². The second-order valence-electron chi connectivity index (χ2n) is 3.75. The monoisotopic (exact) mass is 247 g/mol. The number of hydrogen-bond donors (Lipinski definition) is 4. The van der Waals surface area contributed by atoms with E-state index >= 15 is 0 Å². The quantitative estimate of drug-likeness (QED) is 0.585. The van der Waals surface area contributed by atoms with Crippen molar-refractivity contribution in [2.75, 3.05) is 11.9 Å². The van der Waals surface area contributed by atoms with Crippen LogP contribution in [0.4, 0.5) is 5.82 Å². The Kier molecular flexibility index (Phi) is 3.54. The summed E-state index contributed by atoms with van der Waals surface area (Å²) in [6.07, 6.45) is 0. The molecule has 0 saturated carbocycles. The van der Waals surface area contributed by atoms with Gasteiger partial charge in [-0.05, 0) is 5.56 Å². The van der Waals surface area contributed by atoms with Crippen molar-refractivity contribution in [2.24, 2.45) is 5.73 Å². The van der Waals surface area contributed by atoms with Crippen molar-refractivity contribution in [3.05, 3.63) is 56.7 Å². The number of rotatable bonds is 4. The molecule has 7 nitrogen and oxygen atoms in total. The van der Waals surface area contributed by atoms with E-state index in [2.05, 4.69) is 20.5 Å². The summed E-state index contributed by atoms with van der Waals surface area (Å²) in [6.45, 7) is 0.339. The SMILES string of the molecule is NC(CNc1n[nH]c(=O)[nH]c1=O)c1ccccc1. The minimum absolute atomic E-state index is 0.0426. The molecular formula is C11H13N5O2. The molecule has 18 heavy (non-hydrogen) atoms. The Hall–Kier alpha value is -2.41. The Morgan fingerprint density at radius 3 is 2.67 bits per heavy atom. The maximum absolute atomic E-state index is 11.3. The summed E-state index contributed by atoms with van der Waals surface area (Å²) >= 11 is 0. The molecule has 0 saturated heterocycles. The van der Waals surface area contributed by atoms with Gasteiger partial charge in [0.05, 0.1) is 0 Å². The predicted molar refractivity (Wildman–Crippen MR) is 67.3 cm³/mol. The second-order valence-corrected chi connectivity index (χ2v) is 3.75. The topological polar surface area (TPSA) is 117 Å². The van der Waals surface area contributed by atoms with Gasteiger partial charge >= 0.3 is 5.69 Å². The van der Waals surface area contributed by atoms with Gasteiger partial charge in [-0.25, -0.2) is 9.89 Å². The van der Waals surface area contributed by atoms with E-state index in [1.807, 2.05) is 30.3 Å². The molecule has 0 bridgehead atoms. The van der Waals surface area contributed by atoms with Crippen molar-refractivity contribution in [2.45, 2.75) is 6.04 Å². The molecule has 1 unspecified atom stereocenters. The molecule has 94 valence electrons. The zero-order valence-corrected chi connectivity index (χ0v) is 9.51. The number of hydrogen-bond acceptors (Lipinski definition) is 5. The van der Waals surface area contributed by atoms with Gasteiger partial charge in [-0.15, -0.1) is 5.10 Å². The number of H-pyrrole nitrogens is 2. The third-order valence-electron chi connectivity index (χ3n) is 2.43. The zero-order valence-electron chi connectivity index (χ0n) is 9.51. The van der Waals surface area contributed by atoms with E-state index in [1.165, 1.54) is 0 Å². The third-order valence-corrected chi connectivity index (χ3v) is 2.43. The lowest BCUT2D eigenvalue weighted by molar-refractivity contribution is 0.754. The van der Waals surface area contributed by atoms with Gasteiger partial charge in [0.2, 0.25) is 5.82 Å². The van der Waals surface area contributed by atoms with Crippen LogP contribution in [0.25, 0.3) is 0 Å². The smallest absolute Gasteiger partial charge is 0.342 e. The van der Waals surface area contributed by atoms with Crippen molar-refractivity contribution in [3.8, 4) is 0 Å². The number of anilines is 1. The van der Waals surface area contributed by atoms with Gasteiger partial charge in [-0.2, -0.15) is 0 Å². The van der Waals surface area contributed by atoms with E-state index in [-0.39, 0.29) is 11.9 Å². The average Bonchev–Trinajstić information content (AvgIpc) is 2.38. The summed E-state index contributed by atoms with van der Waals surface area (Å²) in [7, 11) is 0. The van der Waals surface area contributed by atoms with Crippen molar-refractivity contribution in [1.82, 2.24) is 15.2 Å². The summed E-state index contributed by atoms with van der Waals surface area (Å²) in [6, 6.07) is 9.21. The Labute approximate surface area is 102 Å². The standard InChI is InChI=1S/C11H13N5O2/c12-8(7-4-2-1-3-5-7)6-13-9-10(17)14-11(18)16-15-9/h1-5,8H,6,12H2,(H,13,15)(H2,14,16,17,18). The molecule has 5 N–H and O–H groups in total. The zero-order chi connectivity index (χ0) is 13.0. The van der Waals surface area contributed by atoms with Gasteiger partial charge < -0.3 is 11.1 Å². The molecule has 7 heteroatoms. The van der Waals surface area contributed by atoms with E-state index in [1.54, 1.807) is 0 Å². The van der Waals surface area contributed by atoms with Crippen LogP contribution in [0.15, 0.2) is 39.9 Å². The first-order valence-corrected chi connectivity index (χ1v) is 5.40. The lowest BCUT2D eigenvalue weighted by atomic mass is 10.1. The molecule has 2 rings (SSSR count). The molecule has 0 aliphatic heterocycles. The highest BCUT2D eigenvalue weighted by atomic mass is 16.2. The third kappa shape index (κ3) is 2.83. The largest absolute Gasteiger partial charge is 0.362 e. The normalized spacial score (nSPS) is 12.1. The highest BCUT2D eigenvalue weighted by Crippen LogP contribution is 2.08. The van der Waals surface area contributed by atoms with Crippen molar-refractivity contribution in [3.63, 3.8) is 0 Å². The minimum Gasteiger partial charge on any atom is -0.362 e. The number of aromatic amines is 2. The first kappa shape index (κ1) is 12.1. The van der Waals surface area contributed by atoms with Gasteiger partial charge in [0, 0.05) is 12.6 Å². The van der Waals surface area contributed by atoms with E-state index in [9.17, 15) is 9.59 Å². The van der Waals surface area contributed by atoms with Gasteiger partial charge in [0.25, 0.3) is 5.56 Å². The summed E-state index contributed by atoms with van der Waals surface area (Å²) in [5, 5.41) is 8.52. The van der Waals surface area contributed by atoms with Gasteiger partial charge in [-0.1, -0.05) is 30.3 Å². The van der Waals surface area contributed by atoms with Crippen LogP contribution in [0.1, 0.15) is 11.6 Å². The first-order chi connectivity index (χ1) is 8.66. The van der Waals surface area contributed by atoms with Crippen LogP contribution in [0, 0.1) is 0 Å². The summed E-state index contributed by atoms with van der Waals surface area (Å²) < 4.78 is 0. The molecule has 1 heterocycles. The van der Waals surface area contributed by atoms with Crippen LogP contribution in [-0.4, -0.2) is 21.7 Å². The Balaban J connectivity index is 2.04. The van der Waals surface area contributed by atoms with Crippen LogP contribution >= 0.6 is 0 Å². The van der Waals surface area contributed by atoms with Gasteiger partial charge in [-0.3, -0.25) is 9.78 Å². The minimum atomic E-state index is -0.641. The van der Waals surface area contributed by atoms with Crippen molar-refractivity contribution in [1.29, 1.82) is 0 Å². The summed E-state index contributed by atoms with van der Waals surface area (Å²) in [5.74, 6) is 0.0426.